The highest BCUT2D eigenvalue weighted by Crippen LogP contribution is 1.88. The molecule has 0 aromatic carbocycles. The Hall–Kier alpha value is -0.340. The number of unbranched alkanes of at least 4 members (excludes halogenated alkanes) is 1. The van der Waals surface area contributed by atoms with Gasteiger partial charge in [-0.25, -0.2) is 0 Å². The van der Waals surface area contributed by atoms with Gasteiger partial charge in [-0.3, -0.25) is 0 Å². The van der Waals surface area contributed by atoms with Gasteiger partial charge in [-0.2, -0.15) is 0 Å². The van der Waals surface area contributed by atoms with E-state index in [1.165, 1.54) is 0 Å². The van der Waals surface area contributed by atoms with Crippen molar-refractivity contribution in [3.05, 3.63) is 12.2 Å². The zero-order valence-corrected chi connectivity index (χ0v) is 5.97. The predicted molar refractivity (Wildman–Crippen MR) is 39.8 cm³/mol. The fraction of sp³-hybridized carbons (Fsp3) is 0.714. The molecule has 0 amide bonds. The average molecular weight is 129 g/mol. The highest BCUT2D eigenvalue weighted by atomic mass is 14.5. The van der Waals surface area contributed by atoms with Crippen LogP contribution >= 0.6 is 0 Å². The number of hydrogen-bond acceptors (Lipinski definition) is 1. The maximum atomic E-state index is 5.30. The standard InChI is InChI=1S/C7H16N2/c8-6-4-2-1-3-5-7-9/h1-2H,3-9H2/p+1. The van der Waals surface area contributed by atoms with Gasteiger partial charge >= 0.3 is 0 Å². The molecule has 0 rings (SSSR count). The molecule has 0 unspecified atom stereocenters. The zero-order chi connectivity index (χ0) is 6.95. The van der Waals surface area contributed by atoms with Crippen molar-refractivity contribution in [2.24, 2.45) is 5.73 Å². The summed E-state index contributed by atoms with van der Waals surface area (Å²) in [5.41, 5.74) is 9.02. The minimum atomic E-state index is 0.800. The fourth-order valence-electron chi connectivity index (χ4n) is 0.589. The van der Waals surface area contributed by atoms with E-state index < -0.39 is 0 Å². The van der Waals surface area contributed by atoms with Crippen LogP contribution in [0.4, 0.5) is 0 Å². The summed E-state index contributed by atoms with van der Waals surface area (Å²) >= 11 is 0. The van der Waals surface area contributed by atoms with E-state index in [0.717, 1.165) is 32.4 Å². The first-order valence-electron chi connectivity index (χ1n) is 3.56. The lowest BCUT2D eigenvalue weighted by atomic mass is 10.2. The van der Waals surface area contributed by atoms with Gasteiger partial charge in [0.2, 0.25) is 0 Å². The largest absolute Gasteiger partial charge is 0.357 e. The second-order valence-electron chi connectivity index (χ2n) is 2.04. The number of allylic oxidation sites excluding steroid dienone is 1. The molecule has 0 aliphatic heterocycles. The summed E-state index contributed by atoms with van der Waals surface area (Å²) in [7, 11) is 0. The molecule has 0 aliphatic rings. The van der Waals surface area contributed by atoms with Crippen molar-refractivity contribution in [2.75, 3.05) is 13.1 Å². The minimum absolute atomic E-state index is 0.800. The van der Waals surface area contributed by atoms with Crippen molar-refractivity contribution in [1.82, 2.24) is 0 Å². The van der Waals surface area contributed by atoms with E-state index in [-0.39, 0.29) is 0 Å². The van der Waals surface area contributed by atoms with E-state index in [0.29, 0.717) is 0 Å². The predicted octanol–water partition coefficient (Wildman–Crippen LogP) is -0.0865. The molecule has 0 saturated carbocycles. The van der Waals surface area contributed by atoms with E-state index in [2.05, 4.69) is 17.9 Å². The monoisotopic (exact) mass is 129 g/mol. The maximum Gasteiger partial charge on any atom is 0.0774 e. The summed E-state index contributed by atoms with van der Waals surface area (Å²) in [6.45, 7) is 1.80. The molecular formula is C7H17N2+. The van der Waals surface area contributed by atoms with Gasteiger partial charge in [-0.15, -0.1) is 0 Å². The van der Waals surface area contributed by atoms with Crippen LogP contribution < -0.4 is 11.5 Å². The molecule has 0 saturated heterocycles. The molecule has 0 fully saturated rings. The number of nitrogens with two attached hydrogens (primary N) is 1. The van der Waals surface area contributed by atoms with E-state index in [1.54, 1.807) is 0 Å². The molecule has 2 heteroatoms. The van der Waals surface area contributed by atoms with Gasteiger partial charge in [-0.1, -0.05) is 12.2 Å². The first-order chi connectivity index (χ1) is 4.41. The van der Waals surface area contributed by atoms with Gasteiger partial charge in [0.1, 0.15) is 0 Å². The maximum absolute atomic E-state index is 5.30. The van der Waals surface area contributed by atoms with Crippen LogP contribution in [0, 0.1) is 0 Å². The third-order valence-corrected chi connectivity index (χ3v) is 1.11. The van der Waals surface area contributed by atoms with Gasteiger partial charge < -0.3 is 11.5 Å². The summed E-state index contributed by atoms with van der Waals surface area (Å²) in [5.74, 6) is 0. The zero-order valence-electron chi connectivity index (χ0n) is 5.97. The Morgan fingerprint density at radius 2 is 1.89 bits per heavy atom. The second kappa shape index (κ2) is 7.66. The Bertz CT molecular complexity index is 69.3. The molecule has 0 aromatic heterocycles. The molecule has 54 valence electrons. The van der Waals surface area contributed by atoms with Crippen LogP contribution in [0.2, 0.25) is 0 Å². The topological polar surface area (TPSA) is 53.7 Å². The summed E-state index contributed by atoms with van der Waals surface area (Å²) in [6, 6.07) is 0. The Labute approximate surface area is 56.9 Å². The average Bonchev–Trinajstić information content (AvgIpc) is 1.89. The van der Waals surface area contributed by atoms with Crippen LogP contribution in [0.15, 0.2) is 12.2 Å². The fourth-order valence-corrected chi connectivity index (χ4v) is 0.589. The molecule has 0 radical (unpaired) electrons. The highest BCUT2D eigenvalue weighted by molar-refractivity contribution is 4.80. The van der Waals surface area contributed by atoms with Crippen molar-refractivity contribution in [3.63, 3.8) is 0 Å². The molecule has 2 nitrogen and oxygen atoms in total. The highest BCUT2D eigenvalue weighted by Gasteiger charge is 1.77. The van der Waals surface area contributed by atoms with Gasteiger partial charge in [0.25, 0.3) is 0 Å². The number of rotatable bonds is 5. The molecule has 0 aromatic rings. The van der Waals surface area contributed by atoms with Crippen molar-refractivity contribution >= 4 is 0 Å². The first kappa shape index (κ1) is 8.66. The van der Waals surface area contributed by atoms with Crippen LogP contribution in [0.3, 0.4) is 0 Å². The molecule has 0 spiro atoms. The minimum Gasteiger partial charge on any atom is -0.357 e. The number of hydrogen-bond donors (Lipinski definition) is 2. The van der Waals surface area contributed by atoms with E-state index in [4.69, 9.17) is 5.73 Å². The molecule has 0 aliphatic carbocycles. The molecule has 0 heterocycles. The lowest BCUT2D eigenvalue weighted by Gasteiger charge is -1.86. The number of quaternary nitrogens is 1. The molecule has 0 atom stereocenters. The Kier molecular flexibility index (Phi) is 7.37. The van der Waals surface area contributed by atoms with E-state index >= 15 is 0 Å². The normalized spacial score (nSPS) is 10.9. The Morgan fingerprint density at radius 3 is 2.44 bits per heavy atom. The van der Waals surface area contributed by atoms with Gasteiger partial charge in [0.15, 0.2) is 0 Å². The van der Waals surface area contributed by atoms with Crippen LogP contribution in [0.1, 0.15) is 19.3 Å². The van der Waals surface area contributed by atoms with Crippen LogP contribution in [-0.2, 0) is 0 Å². The van der Waals surface area contributed by atoms with Crippen molar-refractivity contribution in [3.8, 4) is 0 Å². The Morgan fingerprint density at radius 1 is 1.22 bits per heavy atom. The lowest BCUT2D eigenvalue weighted by molar-refractivity contribution is -0.366. The van der Waals surface area contributed by atoms with Crippen molar-refractivity contribution in [1.29, 1.82) is 0 Å². The van der Waals surface area contributed by atoms with Gasteiger partial charge in [0, 0.05) is 6.42 Å². The summed E-state index contributed by atoms with van der Waals surface area (Å²) in [5, 5.41) is 0. The Balaban J connectivity index is 2.86. The molecule has 0 bridgehead atoms. The third kappa shape index (κ3) is 7.66. The summed E-state index contributed by atoms with van der Waals surface area (Å²) < 4.78 is 0. The lowest BCUT2D eigenvalue weighted by Crippen LogP contribution is -2.49. The van der Waals surface area contributed by atoms with Crippen molar-refractivity contribution in [2.45, 2.75) is 19.3 Å². The summed E-state index contributed by atoms with van der Waals surface area (Å²) in [6.07, 6.45) is 7.68. The quantitative estimate of drug-likeness (QED) is 0.396. The smallest absolute Gasteiger partial charge is 0.0774 e. The second-order valence-corrected chi connectivity index (χ2v) is 2.04. The summed E-state index contributed by atoms with van der Waals surface area (Å²) in [4.78, 5) is 0. The molecular weight excluding hydrogens is 112 g/mol. The van der Waals surface area contributed by atoms with E-state index in [1.807, 2.05) is 0 Å². The molecule has 5 N–H and O–H groups in total. The first-order valence-corrected chi connectivity index (χ1v) is 3.56. The SMILES string of the molecule is NCCCC=CCC[NH3+]. The van der Waals surface area contributed by atoms with Crippen molar-refractivity contribution < 1.29 is 5.73 Å². The van der Waals surface area contributed by atoms with Crippen LogP contribution in [-0.4, -0.2) is 13.1 Å². The molecule has 9 heavy (non-hydrogen) atoms. The van der Waals surface area contributed by atoms with E-state index in [9.17, 15) is 0 Å². The van der Waals surface area contributed by atoms with Gasteiger partial charge in [-0.05, 0) is 19.4 Å². The van der Waals surface area contributed by atoms with Gasteiger partial charge in [0.05, 0.1) is 6.54 Å². The van der Waals surface area contributed by atoms with Crippen LogP contribution in [0.25, 0.3) is 0 Å². The third-order valence-electron chi connectivity index (χ3n) is 1.11. The van der Waals surface area contributed by atoms with Crippen LogP contribution in [0.5, 0.6) is 0 Å².